The number of halogens is 1. The molecule has 19 heavy (non-hydrogen) atoms. The molecule has 102 valence electrons. The van der Waals surface area contributed by atoms with Gasteiger partial charge in [-0.25, -0.2) is 8.42 Å². The van der Waals surface area contributed by atoms with E-state index in [1.165, 1.54) is 6.07 Å². The molecule has 0 saturated heterocycles. The van der Waals surface area contributed by atoms with Crippen LogP contribution in [0.5, 0.6) is 0 Å². The fourth-order valence-corrected chi connectivity index (χ4v) is 3.82. The van der Waals surface area contributed by atoms with Crippen LogP contribution >= 0.6 is 11.3 Å². The number of hydrogen-bond donors (Lipinski definition) is 1. The van der Waals surface area contributed by atoms with Gasteiger partial charge in [-0.05, 0) is 29.7 Å². The van der Waals surface area contributed by atoms with Crippen LogP contribution in [0.4, 0.5) is 10.1 Å². The second-order valence-electron chi connectivity index (χ2n) is 4.41. The summed E-state index contributed by atoms with van der Waals surface area (Å²) in [6.07, 6.45) is 0. The lowest BCUT2D eigenvalue weighted by Gasteiger charge is -2.13. The van der Waals surface area contributed by atoms with Crippen molar-refractivity contribution in [2.24, 2.45) is 0 Å². The number of thiophene rings is 1. The molecular weight excluding hydrogens is 285 g/mol. The van der Waals surface area contributed by atoms with Crippen molar-refractivity contribution >= 4 is 27.0 Å². The molecule has 0 bridgehead atoms. The Labute approximate surface area is 116 Å². The van der Waals surface area contributed by atoms with Crippen LogP contribution in [0.15, 0.2) is 40.6 Å². The standard InChI is InChI=1S/C13H14FNO2S2/c1-9(2)10-5-3-4-6-11(10)15-19(16,17)13-8-7-12(14)18-13/h3-9,15H,1-2H3. The molecule has 0 aliphatic rings. The van der Waals surface area contributed by atoms with Crippen LogP contribution in [-0.2, 0) is 10.0 Å². The first kappa shape index (κ1) is 14.0. The molecule has 2 rings (SSSR count). The highest BCUT2D eigenvalue weighted by molar-refractivity contribution is 7.94. The van der Waals surface area contributed by atoms with E-state index in [0.29, 0.717) is 17.0 Å². The minimum Gasteiger partial charge on any atom is -0.279 e. The quantitative estimate of drug-likeness (QED) is 0.933. The van der Waals surface area contributed by atoms with Gasteiger partial charge in [0.15, 0.2) is 5.13 Å². The fraction of sp³-hybridized carbons (Fsp3) is 0.231. The van der Waals surface area contributed by atoms with E-state index in [-0.39, 0.29) is 10.1 Å². The Morgan fingerprint density at radius 3 is 2.42 bits per heavy atom. The Balaban J connectivity index is 2.36. The highest BCUT2D eigenvalue weighted by atomic mass is 32.2. The summed E-state index contributed by atoms with van der Waals surface area (Å²) in [5, 5.41) is -0.516. The number of nitrogens with one attached hydrogen (secondary N) is 1. The monoisotopic (exact) mass is 299 g/mol. The molecule has 0 amide bonds. The second-order valence-corrected chi connectivity index (χ2v) is 7.35. The number of anilines is 1. The zero-order valence-corrected chi connectivity index (χ0v) is 12.2. The Morgan fingerprint density at radius 1 is 1.16 bits per heavy atom. The van der Waals surface area contributed by atoms with Crippen molar-refractivity contribution in [2.75, 3.05) is 4.72 Å². The molecule has 3 nitrogen and oxygen atoms in total. The summed E-state index contributed by atoms with van der Waals surface area (Å²) in [5.41, 5.74) is 1.44. The molecule has 0 saturated carbocycles. The first-order valence-electron chi connectivity index (χ1n) is 5.77. The summed E-state index contributed by atoms with van der Waals surface area (Å²) in [6.45, 7) is 3.97. The molecule has 0 atom stereocenters. The average molecular weight is 299 g/mol. The maximum absolute atomic E-state index is 12.9. The maximum atomic E-state index is 12.9. The number of para-hydroxylation sites is 1. The van der Waals surface area contributed by atoms with Gasteiger partial charge in [-0.1, -0.05) is 43.4 Å². The van der Waals surface area contributed by atoms with Crippen molar-refractivity contribution in [3.8, 4) is 0 Å². The van der Waals surface area contributed by atoms with Gasteiger partial charge in [0.25, 0.3) is 10.0 Å². The molecule has 1 heterocycles. The zero-order valence-electron chi connectivity index (χ0n) is 10.6. The van der Waals surface area contributed by atoms with Crippen molar-refractivity contribution in [2.45, 2.75) is 24.0 Å². The molecule has 1 aromatic heterocycles. The van der Waals surface area contributed by atoms with Crippen molar-refractivity contribution in [3.05, 3.63) is 47.1 Å². The van der Waals surface area contributed by atoms with Crippen LogP contribution < -0.4 is 4.72 Å². The van der Waals surface area contributed by atoms with Gasteiger partial charge in [0.2, 0.25) is 0 Å². The lowest BCUT2D eigenvalue weighted by molar-refractivity contribution is 0.603. The summed E-state index contributed by atoms with van der Waals surface area (Å²) in [7, 11) is -3.72. The zero-order chi connectivity index (χ0) is 14.0. The van der Waals surface area contributed by atoms with E-state index < -0.39 is 15.2 Å². The first-order chi connectivity index (χ1) is 8.90. The number of sulfonamides is 1. The van der Waals surface area contributed by atoms with Crippen LogP contribution in [0.1, 0.15) is 25.3 Å². The summed E-state index contributed by atoms with van der Waals surface area (Å²) in [5.74, 6) is 0.193. The highest BCUT2D eigenvalue weighted by Gasteiger charge is 2.19. The Bertz CT molecular complexity index is 677. The molecule has 0 spiro atoms. The van der Waals surface area contributed by atoms with Crippen LogP contribution in [0, 0.1) is 5.13 Å². The molecule has 6 heteroatoms. The summed E-state index contributed by atoms with van der Waals surface area (Å²) in [4.78, 5) is 0. The molecule has 1 aromatic carbocycles. The van der Waals surface area contributed by atoms with Gasteiger partial charge in [-0.15, -0.1) is 0 Å². The van der Waals surface area contributed by atoms with Crippen molar-refractivity contribution in [1.29, 1.82) is 0 Å². The Kier molecular flexibility index (Phi) is 3.91. The van der Waals surface area contributed by atoms with E-state index in [4.69, 9.17) is 0 Å². The van der Waals surface area contributed by atoms with Gasteiger partial charge in [0.05, 0.1) is 5.69 Å². The van der Waals surface area contributed by atoms with E-state index in [0.717, 1.165) is 11.6 Å². The van der Waals surface area contributed by atoms with Crippen LogP contribution in [-0.4, -0.2) is 8.42 Å². The molecular formula is C13H14FNO2S2. The summed E-state index contributed by atoms with van der Waals surface area (Å²) in [6, 6.07) is 9.61. The van der Waals surface area contributed by atoms with Crippen molar-refractivity contribution in [3.63, 3.8) is 0 Å². The third kappa shape index (κ3) is 3.13. The number of rotatable bonds is 4. The molecule has 0 aliphatic heterocycles. The highest BCUT2D eigenvalue weighted by Crippen LogP contribution is 2.28. The SMILES string of the molecule is CC(C)c1ccccc1NS(=O)(=O)c1ccc(F)s1. The third-order valence-corrected chi connectivity index (χ3v) is 5.37. The lowest BCUT2D eigenvalue weighted by atomic mass is 10.0. The smallest absolute Gasteiger partial charge is 0.271 e. The average Bonchev–Trinajstić information content (AvgIpc) is 2.76. The molecule has 0 unspecified atom stereocenters. The molecule has 1 N–H and O–H groups in total. The Hall–Kier alpha value is -1.40. The van der Waals surface area contributed by atoms with Crippen LogP contribution in [0.25, 0.3) is 0 Å². The number of benzene rings is 1. The minimum absolute atomic E-state index is 0.0245. The van der Waals surface area contributed by atoms with Gasteiger partial charge in [-0.3, -0.25) is 4.72 Å². The summed E-state index contributed by atoms with van der Waals surface area (Å²) >= 11 is 0.611. The predicted molar refractivity (Wildman–Crippen MR) is 75.6 cm³/mol. The fourth-order valence-electron chi connectivity index (χ4n) is 1.73. The van der Waals surface area contributed by atoms with Crippen molar-refractivity contribution in [1.82, 2.24) is 0 Å². The van der Waals surface area contributed by atoms with Crippen LogP contribution in [0.2, 0.25) is 0 Å². The molecule has 2 aromatic rings. The van der Waals surface area contributed by atoms with Gasteiger partial charge < -0.3 is 0 Å². The lowest BCUT2D eigenvalue weighted by Crippen LogP contribution is -2.13. The largest absolute Gasteiger partial charge is 0.279 e. The normalized spacial score (nSPS) is 11.8. The Morgan fingerprint density at radius 2 is 1.84 bits per heavy atom. The maximum Gasteiger partial charge on any atom is 0.271 e. The minimum atomic E-state index is -3.72. The van der Waals surface area contributed by atoms with E-state index in [9.17, 15) is 12.8 Å². The van der Waals surface area contributed by atoms with E-state index in [1.54, 1.807) is 12.1 Å². The van der Waals surface area contributed by atoms with E-state index in [2.05, 4.69) is 4.72 Å². The first-order valence-corrected chi connectivity index (χ1v) is 8.07. The van der Waals surface area contributed by atoms with Crippen molar-refractivity contribution < 1.29 is 12.8 Å². The second kappa shape index (κ2) is 5.30. The predicted octanol–water partition coefficient (Wildman–Crippen LogP) is 3.81. The molecule has 0 fully saturated rings. The van der Waals surface area contributed by atoms with Gasteiger partial charge in [-0.2, -0.15) is 4.39 Å². The third-order valence-electron chi connectivity index (χ3n) is 2.64. The topological polar surface area (TPSA) is 46.2 Å². The van der Waals surface area contributed by atoms with E-state index in [1.807, 2.05) is 26.0 Å². The van der Waals surface area contributed by atoms with E-state index >= 15 is 0 Å². The number of hydrogen-bond acceptors (Lipinski definition) is 3. The van der Waals surface area contributed by atoms with Gasteiger partial charge in [0.1, 0.15) is 4.21 Å². The van der Waals surface area contributed by atoms with Gasteiger partial charge >= 0.3 is 0 Å². The molecule has 0 aliphatic carbocycles. The van der Waals surface area contributed by atoms with Gasteiger partial charge in [0, 0.05) is 0 Å². The molecule has 0 radical (unpaired) electrons. The summed E-state index contributed by atoms with van der Waals surface area (Å²) < 4.78 is 39.7. The van der Waals surface area contributed by atoms with Crippen LogP contribution in [0.3, 0.4) is 0 Å².